The summed E-state index contributed by atoms with van der Waals surface area (Å²) in [7, 11) is 0. The fraction of sp³-hybridized carbons (Fsp3) is 1.00. The van der Waals surface area contributed by atoms with E-state index in [9.17, 15) is 5.21 Å². The molecule has 0 aliphatic carbocycles. The monoisotopic (exact) mass is 148 g/mol. The molecule has 0 fully saturated rings. The van der Waals surface area contributed by atoms with E-state index in [1.807, 2.05) is 6.92 Å². The highest BCUT2D eigenvalue weighted by molar-refractivity contribution is 4.31. The highest BCUT2D eigenvalue weighted by atomic mass is 16.5. The number of nitrogens with one attached hydrogen (secondary N) is 3. The molecule has 0 rings (SSSR count). The van der Waals surface area contributed by atoms with Crippen molar-refractivity contribution in [3.05, 3.63) is 5.21 Å². The third-order valence-electron chi connectivity index (χ3n) is 1.07. The zero-order valence-electron chi connectivity index (χ0n) is 6.31. The van der Waals surface area contributed by atoms with E-state index < -0.39 is 0 Å². The lowest BCUT2D eigenvalue weighted by molar-refractivity contribution is -0.895. The van der Waals surface area contributed by atoms with Crippen LogP contribution in [0.4, 0.5) is 0 Å². The molecule has 1 atom stereocenters. The maximum atomic E-state index is 10.8. The van der Waals surface area contributed by atoms with Crippen LogP contribution >= 0.6 is 0 Å². The molecule has 0 aromatic heterocycles. The molecule has 5 heteroatoms. The van der Waals surface area contributed by atoms with Crippen LogP contribution in [0.3, 0.4) is 0 Å². The maximum absolute atomic E-state index is 10.8. The summed E-state index contributed by atoms with van der Waals surface area (Å²) in [5.74, 6) is 4.98. The van der Waals surface area contributed by atoms with Crippen molar-refractivity contribution in [1.82, 2.24) is 10.9 Å². The quantitative estimate of drug-likeness (QED) is 0.253. The lowest BCUT2D eigenvalue weighted by atomic mass is 10.5. The van der Waals surface area contributed by atoms with Crippen LogP contribution in [0.1, 0.15) is 13.3 Å². The van der Waals surface area contributed by atoms with E-state index >= 15 is 0 Å². The smallest absolute Gasteiger partial charge is 0.108 e. The van der Waals surface area contributed by atoms with Crippen molar-refractivity contribution in [3.63, 3.8) is 0 Å². The van der Waals surface area contributed by atoms with Crippen LogP contribution in [0.15, 0.2) is 0 Å². The standard InChI is InChI=1S/C5H16N4O/c1-2-3-8-9(10)5-4-7-6/h7-9H,2-6H2,1H3. The van der Waals surface area contributed by atoms with E-state index in [2.05, 4.69) is 10.9 Å². The Labute approximate surface area is 61.1 Å². The summed E-state index contributed by atoms with van der Waals surface area (Å²) >= 11 is 0. The van der Waals surface area contributed by atoms with E-state index in [-0.39, 0.29) is 5.17 Å². The molecular formula is C5H16N4O. The van der Waals surface area contributed by atoms with Crippen molar-refractivity contribution in [2.45, 2.75) is 13.3 Å². The average molecular weight is 148 g/mol. The summed E-state index contributed by atoms with van der Waals surface area (Å²) in [5, 5.41) is 10.8. The molecule has 62 valence electrons. The average Bonchev–Trinajstić information content (AvgIpc) is 1.97. The lowest BCUT2D eigenvalue weighted by Gasteiger charge is -2.21. The maximum Gasteiger partial charge on any atom is 0.108 e. The largest absolute Gasteiger partial charge is 0.613 e. The van der Waals surface area contributed by atoms with Gasteiger partial charge in [0, 0.05) is 6.54 Å². The Kier molecular flexibility index (Phi) is 6.78. The van der Waals surface area contributed by atoms with Gasteiger partial charge < -0.3 is 5.21 Å². The van der Waals surface area contributed by atoms with E-state index in [1.54, 1.807) is 0 Å². The Bertz CT molecular complexity index is 62.7. The molecule has 0 radical (unpaired) electrons. The molecule has 5 N–H and O–H groups in total. The minimum Gasteiger partial charge on any atom is -0.613 e. The van der Waals surface area contributed by atoms with Crippen molar-refractivity contribution in [2.75, 3.05) is 19.6 Å². The van der Waals surface area contributed by atoms with Crippen LogP contribution in [-0.4, -0.2) is 19.6 Å². The van der Waals surface area contributed by atoms with E-state index in [0.29, 0.717) is 13.1 Å². The topological polar surface area (TPSA) is 77.6 Å². The molecule has 0 aliphatic rings. The van der Waals surface area contributed by atoms with Gasteiger partial charge in [-0.25, -0.2) is 0 Å². The van der Waals surface area contributed by atoms with Crippen LogP contribution in [0.2, 0.25) is 0 Å². The molecule has 0 amide bonds. The summed E-state index contributed by atoms with van der Waals surface area (Å²) in [6, 6.07) is 0. The molecular weight excluding hydrogens is 132 g/mol. The highest BCUT2D eigenvalue weighted by Gasteiger charge is 1.92. The number of hydrazine groups is 1. The highest BCUT2D eigenvalue weighted by Crippen LogP contribution is 1.62. The first-order valence-corrected chi connectivity index (χ1v) is 3.51. The second kappa shape index (κ2) is 6.91. The number of quaternary nitrogens is 1. The fourth-order valence-electron chi connectivity index (χ4n) is 0.539. The summed E-state index contributed by atoms with van der Waals surface area (Å²) in [5.41, 5.74) is 5.15. The van der Waals surface area contributed by atoms with Crippen molar-refractivity contribution in [2.24, 2.45) is 5.84 Å². The second-order valence-corrected chi connectivity index (χ2v) is 2.05. The van der Waals surface area contributed by atoms with Gasteiger partial charge in [0.1, 0.15) is 6.54 Å². The zero-order valence-corrected chi connectivity index (χ0v) is 6.31. The first-order valence-electron chi connectivity index (χ1n) is 3.51. The molecule has 0 spiro atoms. The van der Waals surface area contributed by atoms with E-state index in [4.69, 9.17) is 5.84 Å². The molecule has 5 nitrogen and oxygen atoms in total. The summed E-state index contributed by atoms with van der Waals surface area (Å²) in [4.78, 5) is 0. The Morgan fingerprint density at radius 1 is 1.50 bits per heavy atom. The summed E-state index contributed by atoms with van der Waals surface area (Å²) < 4.78 is 0. The number of hydrogen-bond acceptors (Lipinski definition) is 4. The van der Waals surface area contributed by atoms with Crippen LogP contribution in [-0.2, 0) is 0 Å². The van der Waals surface area contributed by atoms with Gasteiger partial charge in [0.25, 0.3) is 0 Å². The van der Waals surface area contributed by atoms with Gasteiger partial charge in [-0.05, 0) is 6.42 Å². The number of nitrogens with two attached hydrogens (primary N) is 1. The Morgan fingerprint density at radius 2 is 2.20 bits per heavy atom. The van der Waals surface area contributed by atoms with E-state index in [0.717, 1.165) is 13.0 Å². The van der Waals surface area contributed by atoms with Crippen molar-refractivity contribution < 1.29 is 5.17 Å². The third kappa shape index (κ3) is 5.93. The fourth-order valence-corrected chi connectivity index (χ4v) is 0.539. The van der Waals surface area contributed by atoms with Gasteiger partial charge >= 0.3 is 0 Å². The second-order valence-electron chi connectivity index (χ2n) is 2.05. The number of hydrogen-bond donors (Lipinski definition) is 4. The predicted molar refractivity (Wildman–Crippen MR) is 39.7 cm³/mol. The van der Waals surface area contributed by atoms with Gasteiger partial charge in [0.15, 0.2) is 0 Å². The van der Waals surface area contributed by atoms with Crippen LogP contribution < -0.4 is 21.9 Å². The molecule has 1 unspecified atom stereocenters. The van der Waals surface area contributed by atoms with Crippen molar-refractivity contribution in [1.29, 1.82) is 0 Å². The first kappa shape index (κ1) is 9.80. The minimum atomic E-state index is 0.0554. The Hall–Kier alpha value is -0.200. The van der Waals surface area contributed by atoms with Gasteiger partial charge in [-0.3, -0.25) is 16.4 Å². The van der Waals surface area contributed by atoms with E-state index in [1.165, 1.54) is 0 Å². The zero-order chi connectivity index (χ0) is 7.82. The third-order valence-corrected chi connectivity index (χ3v) is 1.07. The van der Waals surface area contributed by atoms with Gasteiger partial charge in [-0.1, -0.05) is 6.92 Å². The van der Waals surface area contributed by atoms with Crippen molar-refractivity contribution >= 4 is 0 Å². The Morgan fingerprint density at radius 3 is 2.70 bits per heavy atom. The number of hydroxylamine groups is 1. The van der Waals surface area contributed by atoms with Gasteiger partial charge in [-0.15, -0.1) is 0 Å². The van der Waals surface area contributed by atoms with Gasteiger partial charge in [-0.2, -0.15) is 5.43 Å². The lowest BCUT2D eigenvalue weighted by Crippen LogP contribution is -3.15. The Balaban J connectivity index is 3.00. The molecule has 0 bridgehead atoms. The normalized spacial score (nSPS) is 13.5. The van der Waals surface area contributed by atoms with Crippen LogP contribution in [0, 0.1) is 5.21 Å². The molecule has 0 aromatic carbocycles. The SMILES string of the molecule is CCCN[NH+]([O-])CCNN. The van der Waals surface area contributed by atoms with Crippen LogP contribution in [0.25, 0.3) is 0 Å². The molecule has 0 saturated carbocycles. The van der Waals surface area contributed by atoms with Gasteiger partial charge in [0.05, 0.1) is 6.54 Å². The first-order chi connectivity index (χ1) is 4.81. The van der Waals surface area contributed by atoms with Crippen LogP contribution in [0.5, 0.6) is 0 Å². The summed E-state index contributed by atoms with van der Waals surface area (Å²) in [6.07, 6.45) is 0.974. The molecule has 0 aliphatic heterocycles. The predicted octanol–water partition coefficient (Wildman–Crippen LogP) is -2.25. The molecule has 0 aromatic rings. The minimum absolute atomic E-state index is 0.0554. The van der Waals surface area contributed by atoms with Gasteiger partial charge in [0.2, 0.25) is 0 Å². The number of rotatable bonds is 6. The summed E-state index contributed by atoms with van der Waals surface area (Å²) in [6.45, 7) is 3.76. The molecule has 0 saturated heterocycles. The molecule has 0 heterocycles. The molecule has 10 heavy (non-hydrogen) atoms. The van der Waals surface area contributed by atoms with Crippen molar-refractivity contribution in [3.8, 4) is 0 Å².